The van der Waals surface area contributed by atoms with Crippen molar-refractivity contribution in [2.45, 2.75) is 44.5 Å². The molecule has 0 bridgehead atoms. The lowest BCUT2D eigenvalue weighted by Gasteiger charge is -2.29. The third-order valence-electron chi connectivity index (χ3n) is 7.12. The number of pyridine rings is 2. The van der Waals surface area contributed by atoms with Gasteiger partial charge in [0, 0.05) is 31.5 Å². The number of aryl methyl sites for hydroxylation is 1. The fraction of sp³-hybridized carbons (Fsp3) is 0.462. The zero-order valence-corrected chi connectivity index (χ0v) is 21.7. The summed E-state index contributed by atoms with van der Waals surface area (Å²) in [5.41, 5.74) is 2.39. The van der Waals surface area contributed by atoms with Gasteiger partial charge in [0.1, 0.15) is 36.1 Å². The van der Waals surface area contributed by atoms with E-state index in [2.05, 4.69) is 26.7 Å². The third-order valence-corrected chi connectivity index (χ3v) is 7.12. The van der Waals surface area contributed by atoms with E-state index >= 15 is 0 Å². The highest BCUT2D eigenvalue weighted by atomic mass is 16.6. The molecular formula is C26H29N7O6. The number of aldehydes is 1. The number of hydrogen-bond donors (Lipinski definition) is 2. The number of nitrogens with zero attached hydrogens (tertiary/aromatic N) is 5. The number of anilines is 3. The molecule has 2 fully saturated rings. The number of hydrogen-bond acceptors (Lipinski definition) is 10. The van der Waals surface area contributed by atoms with Crippen LogP contribution in [0.25, 0.3) is 0 Å². The summed E-state index contributed by atoms with van der Waals surface area (Å²) in [7, 11) is 1.60. The van der Waals surface area contributed by atoms with E-state index in [-0.39, 0.29) is 36.2 Å². The number of fused-ring (bicyclic) bond motifs is 1. The second-order valence-corrected chi connectivity index (χ2v) is 9.66. The van der Waals surface area contributed by atoms with Gasteiger partial charge in [0.15, 0.2) is 6.29 Å². The number of ether oxygens (including phenoxy) is 3. The third kappa shape index (κ3) is 5.34. The Morgan fingerprint density at radius 3 is 2.90 bits per heavy atom. The Hall–Kier alpha value is -4.28. The Morgan fingerprint density at radius 1 is 1.33 bits per heavy atom. The van der Waals surface area contributed by atoms with Crippen LogP contribution in [-0.4, -0.2) is 84.9 Å². The van der Waals surface area contributed by atoms with Gasteiger partial charge in [-0.3, -0.25) is 19.9 Å². The quantitative estimate of drug-likeness (QED) is 0.504. The fourth-order valence-corrected chi connectivity index (χ4v) is 4.94. The van der Waals surface area contributed by atoms with Crippen LogP contribution < -0.4 is 15.5 Å². The van der Waals surface area contributed by atoms with Gasteiger partial charge in [0.05, 0.1) is 43.1 Å². The Bertz CT molecular complexity index is 1330. The van der Waals surface area contributed by atoms with Crippen LogP contribution in [0.3, 0.4) is 0 Å². The predicted molar refractivity (Wildman–Crippen MR) is 139 cm³/mol. The number of urea groups is 1. The highest BCUT2D eigenvalue weighted by Crippen LogP contribution is 2.30. The molecule has 0 aliphatic carbocycles. The summed E-state index contributed by atoms with van der Waals surface area (Å²) in [6.45, 7) is 3.62. The number of methoxy groups -OCH3 is 1. The molecule has 0 radical (unpaired) electrons. The van der Waals surface area contributed by atoms with Gasteiger partial charge in [-0.1, -0.05) is 0 Å². The zero-order valence-electron chi connectivity index (χ0n) is 21.7. The normalized spacial score (nSPS) is 22.2. The molecule has 2 aromatic rings. The largest absolute Gasteiger partial charge is 0.447 e. The van der Waals surface area contributed by atoms with Crippen molar-refractivity contribution in [1.82, 2.24) is 14.9 Å². The highest BCUT2D eigenvalue weighted by Gasteiger charge is 2.32. The van der Waals surface area contributed by atoms with Crippen molar-refractivity contribution in [1.29, 1.82) is 5.26 Å². The van der Waals surface area contributed by atoms with E-state index < -0.39 is 12.1 Å². The highest BCUT2D eigenvalue weighted by molar-refractivity contribution is 6.01. The average molecular weight is 536 g/mol. The molecule has 2 aromatic heterocycles. The van der Waals surface area contributed by atoms with Crippen LogP contribution in [0.4, 0.5) is 26.9 Å². The Labute approximate surface area is 225 Å². The number of nitrogens with one attached hydrogen (secondary N) is 2. The summed E-state index contributed by atoms with van der Waals surface area (Å²) < 4.78 is 16.0. The molecule has 3 aliphatic heterocycles. The van der Waals surface area contributed by atoms with Gasteiger partial charge < -0.3 is 19.5 Å². The molecule has 13 heteroatoms. The van der Waals surface area contributed by atoms with Crippen LogP contribution >= 0.6 is 0 Å². The smallest absolute Gasteiger partial charge is 0.410 e. The summed E-state index contributed by atoms with van der Waals surface area (Å²) in [5.74, 6) is 0.634. The van der Waals surface area contributed by atoms with Crippen molar-refractivity contribution in [2.75, 3.05) is 49.0 Å². The fourth-order valence-electron chi connectivity index (χ4n) is 4.94. The standard InChI is InChI=1S/C26H29N7O6/c1-15-12-39-26(36)33(15)10-17-6-16-4-3-5-32(24(16)30-20(17)11-34)25(35)31-23-7-19(18(8-27)9-28-23)29-21-13-38-14-22(21)37-2/h6-7,9,11,15,21-22H,3-5,10,12-14H2,1-2H3,(H2,28,29,31,35)/t15-,21-,22-/m0/s1. The minimum Gasteiger partial charge on any atom is -0.447 e. The molecule has 5 rings (SSSR count). The van der Waals surface area contributed by atoms with Gasteiger partial charge in [-0.05, 0) is 31.4 Å². The van der Waals surface area contributed by atoms with Crippen molar-refractivity contribution in [3.05, 3.63) is 40.7 Å². The Balaban J connectivity index is 1.36. The first kappa shape index (κ1) is 26.3. The second-order valence-electron chi connectivity index (χ2n) is 9.66. The second kappa shape index (κ2) is 11.2. The van der Waals surface area contributed by atoms with Crippen LogP contribution in [-0.2, 0) is 27.2 Å². The lowest BCUT2D eigenvalue weighted by atomic mass is 10.0. The maximum absolute atomic E-state index is 13.3. The van der Waals surface area contributed by atoms with E-state index in [0.29, 0.717) is 68.1 Å². The van der Waals surface area contributed by atoms with Gasteiger partial charge >= 0.3 is 12.1 Å². The Morgan fingerprint density at radius 2 is 2.18 bits per heavy atom. The van der Waals surface area contributed by atoms with E-state index in [1.807, 2.05) is 13.0 Å². The summed E-state index contributed by atoms with van der Waals surface area (Å²) in [5, 5.41) is 15.6. The summed E-state index contributed by atoms with van der Waals surface area (Å²) >= 11 is 0. The van der Waals surface area contributed by atoms with Crippen molar-refractivity contribution >= 4 is 35.7 Å². The number of nitriles is 1. The molecule has 204 valence electrons. The maximum Gasteiger partial charge on any atom is 0.410 e. The molecule has 2 saturated heterocycles. The van der Waals surface area contributed by atoms with E-state index in [0.717, 1.165) is 5.56 Å². The topological polar surface area (TPSA) is 159 Å². The van der Waals surface area contributed by atoms with Crippen LogP contribution in [0.15, 0.2) is 18.3 Å². The first-order valence-corrected chi connectivity index (χ1v) is 12.7. The molecule has 3 amide bonds. The van der Waals surface area contributed by atoms with E-state index in [1.165, 1.54) is 11.1 Å². The molecule has 2 N–H and O–H groups in total. The molecule has 0 unspecified atom stereocenters. The number of carbonyl (C=O) groups excluding carboxylic acids is 3. The monoisotopic (exact) mass is 535 g/mol. The zero-order chi connectivity index (χ0) is 27.5. The molecule has 3 atom stereocenters. The maximum atomic E-state index is 13.3. The summed E-state index contributed by atoms with van der Waals surface area (Å²) in [6, 6.07) is 4.79. The summed E-state index contributed by atoms with van der Waals surface area (Å²) in [4.78, 5) is 49.1. The number of cyclic esters (lactones) is 1. The van der Waals surface area contributed by atoms with Gasteiger partial charge in [-0.25, -0.2) is 19.6 Å². The molecule has 3 aliphatic rings. The first-order valence-electron chi connectivity index (χ1n) is 12.7. The number of rotatable bonds is 7. The lowest BCUT2D eigenvalue weighted by Crippen LogP contribution is -2.40. The molecular weight excluding hydrogens is 506 g/mol. The Kier molecular flexibility index (Phi) is 7.58. The summed E-state index contributed by atoms with van der Waals surface area (Å²) in [6.07, 6.45) is 2.78. The van der Waals surface area contributed by atoms with E-state index in [1.54, 1.807) is 18.1 Å². The van der Waals surface area contributed by atoms with Gasteiger partial charge in [-0.2, -0.15) is 5.26 Å². The average Bonchev–Trinajstić information content (AvgIpc) is 3.53. The van der Waals surface area contributed by atoms with Gasteiger partial charge in [0.2, 0.25) is 0 Å². The number of aromatic nitrogens is 2. The lowest BCUT2D eigenvalue weighted by molar-refractivity contribution is 0.0795. The molecule has 0 spiro atoms. The SMILES string of the molecule is CO[C@H]1COC[C@@H]1Nc1cc(NC(=O)N2CCCc3cc(CN4C(=O)OC[C@@H]4C)c(C=O)nc32)ncc1C#N. The van der Waals surface area contributed by atoms with Crippen molar-refractivity contribution in [3.8, 4) is 6.07 Å². The predicted octanol–water partition coefficient (Wildman–Crippen LogP) is 2.31. The first-order chi connectivity index (χ1) is 18.9. The van der Waals surface area contributed by atoms with Crippen molar-refractivity contribution < 1.29 is 28.6 Å². The van der Waals surface area contributed by atoms with E-state index in [4.69, 9.17) is 14.2 Å². The molecule has 13 nitrogen and oxygen atoms in total. The van der Waals surface area contributed by atoms with Gasteiger partial charge in [-0.15, -0.1) is 0 Å². The minimum atomic E-state index is -0.466. The molecule has 39 heavy (non-hydrogen) atoms. The van der Waals surface area contributed by atoms with Crippen molar-refractivity contribution in [3.63, 3.8) is 0 Å². The van der Waals surface area contributed by atoms with Crippen LogP contribution in [0.5, 0.6) is 0 Å². The number of carbonyl (C=O) groups is 3. The number of amides is 3. The van der Waals surface area contributed by atoms with Crippen molar-refractivity contribution in [2.24, 2.45) is 0 Å². The van der Waals surface area contributed by atoms with Gasteiger partial charge in [0.25, 0.3) is 0 Å². The van der Waals surface area contributed by atoms with Crippen LogP contribution in [0.2, 0.25) is 0 Å². The van der Waals surface area contributed by atoms with Crippen LogP contribution in [0.1, 0.15) is 40.5 Å². The molecule has 0 aromatic carbocycles. The molecule has 0 saturated carbocycles. The molecule has 5 heterocycles. The minimum absolute atomic E-state index is 0.115. The van der Waals surface area contributed by atoms with E-state index in [9.17, 15) is 19.6 Å². The van der Waals surface area contributed by atoms with Crippen LogP contribution in [0, 0.1) is 11.3 Å².